The van der Waals surface area contributed by atoms with Crippen LogP contribution in [-0.2, 0) is 65.4 Å². The molecule has 0 radical (unpaired) electrons. The number of phosphoric acid groups is 2. The number of rotatable bonds is 70. The maximum atomic E-state index is 13.1. The fourth-order valence-corrected chi connectivity index (χ4v) is 10.7. The Morgan fingerprint density at radius 3 is 0.745 bits per heavy atom. The van der Waals surface area contributed by atoms with Gasteiger partial charge in [-0.15, -0.1) is 0 Å². The third-order valence-corrected chi connectivity index (χ3v) is 16.8. The van der Waals surface area contributed by atoms with E-state index in [0.29, 0.717) is 44.9 Å². The number of carbonyl (C=O) groups excluding carboxylic acids is 4. The van der Waals surface area contributed by atoms with Gasteiger partial charge in [0.15, 0.2) is 12.2 Å². The predicted molar refractivity (Wildman–Crippen MR) is 435 cm³/mol. The van der Waals surface area contributed by atoms with Crippen molar-refractivity contribution < 1.29 is 80.2 Å². The third kappa shape index (κ3) is 75.6. The second kappa shape index (κ2) is 76.6. The van der Waals surface area contributed by atoms with Gasteiger partial charge in [-0.3, -0.25) is 37.3 Å². The Kier molecular flexibility index (Phi) is 71.8. The number of hydrogen-bond acceptors (Lipinski definition) is 15. The van der Waals surface area contributed by atoms with Crippen molar-refractivity contribution in [1.29, 1.82) is 0 Å². The molecule has 0 amide bonds. The molecule has 0 aliphatic carbocycles. The Labute approximate surface area is 639 Å². The number of aliphatic hydroxyl groups is 1. The van der Waals surface area contributed by atoms with Crippen LogP contribution in [0.5, 0.6) is 0 Å². The van der Waals surface area contributed by atoms with Crippen molar-refractivity contribution >= 4 is 39.5 Å². The molecule has 0 saturated heterocycles. The molecule has 0 fully saturated rings. The topological polar surface area (TPSA) is 237 Å². The van der Waals surface area contributed by atoms with Gasteiger partial charge in [-0.1, -0.05) is 266 Å². The molecule has 0 heterocycles. The monoisotopic (exact) mass is 1510 g/mol. The minimum absolute atomic E-state index is 0.00726. The van der Waals surface area contributed by atoms with Gasteiger partial charge in [0.05, 0.1) is 26.4 Å². The van der Waals surface area contributed by atoms with Crippen molar-refractivity contribution in [3.8, 4) is 0 Å². The predicted octanol–water partition coefficient (Wildman–Crippen LogP) is 22.9. The van der Waals surface area contributed by atoms with E-state index in [1.807, 2.05) is 36.5 Å². The lowest BCUT2D eigenvalue weighted by Gasteiger charge is -2.21. The number of unbranched alkanes of at least 4 members (excludes halogenated alkanes) is 8. The highest BCUT2D eigenvalue weighted by atomic mass is 31.2. The smallest absolute Gasteiger partial charge is 0.462 e. The van der Waals surface area contributed by atoms with Gasteiger partial charge >= 0.3 is 39.5 Å². The van der Waals surface area contributed by atoms with Crippen LogP contribution in [0.1, 0.15) is 246 Å². The minimum Gasteiger partial charge on any atom is -0.462 e. The van der Waals surface area contributed by atoms with Gasteiger partial charge < -0.3 is 33.8 Å². The molecule has 19 heteroatoms. The van der Waals surface area contributed by atoms with Gasteiger partial charge in [-0.2, -0.15) is 0 Å². The van der Waals surface area contributed by atoms with Crippen LogP contribution in [0.2, 0.25) is 0 Å². The largest absolute Gasteiger partial charge is 0.472 e. The molecule has 594 valence electrons. The first-order chi connectivity index (χ1) is 51.7. The van der Waals surface area contributed by atoms with Crippen LogP contribution < -0.4 is 0 Å². The summed E-state index contributed by atoms with van der Waals surface area (Å²) in [6.07, 6.45) is 96.6. The number of phosphoric ester groups is 2. The zero-order valence-electron chi connectivity index (χ0n) is 64.8. The lowest BCUT2D eigenvalue weighted by molar-refractivity contribution is -0.161. The molecule has 0 aromatic carbocycles. The number of carbonyl (C=O) groups is 4. The Morgan fingerprint density at radius 1 is 0.264 bits per heavy atom. The molecule has 17 nitrogen and oxygen atoms in total. The van der Waals surface area contributed by atoms with Crippen LogP contribution >= 0.6 is 15.6 Å². The number of aliphatic hydroxyl groups excluding tert-OH is 1. The van der Waals surface area contributed by atoms with E-state index in [4.69, 9.17) is 37.0 Å². The van der Waals surface area contributed by atoms with Crippen molar-refractivity contribution in [1.82, 2.24) is 0 Å². The third-order valence-electron chi connectivity index (χ3n) is 14.9. The molecular weight excluding hydrogens is 1380 g/mol. The van der Waals surface area contributed by atoms with Crippen LogP contribution in [0.15, 0.2) is 219 Å². The van der Waals surface area contributed by atoms with E-state index in [1.54, 1.807) is 0 Å². The molecular formula is C87H134O17P2. The lowest BCUT2D eigenvalue weighted by Crippen LogP contribution is -2.30. The fourth-order valence-electron chi connectivity index (χ4n) is 9.16. The highest BCUT2D eigenvalue weighted by Crippen LogP contribution is 2.45. The van der Waals surface area contributed by atoms with Crippen LogP contribution in [0.4, 0.5) is 0 Å². The van der Waals surface area contributed by atoms with Gasteiger partial charge in [0.1, 0.15) is 19.3 Å². The van der Waals surface area contributed by atoms with Crippen LogP contribution in [-0.4, -0.2) is 96.7 Å². The molecule has 0 aliphatic rings. The minimum atomic E-state index is -5.02. The summed E-state index contributed by atoms with van der Waals surface area (Å²) < 4.78 is 68.4. The molecule has 0 aliphatic heterocycles. The number of esters is 4. The maximum absolute atomic E-state index is 13.1. The highest BCUT2D eigenvalue weighted by molar-refractivity contribution is 7.47. The summed E-state index contributed by atoms with van der Waals surface area (Å²) in [5.74, 6) is -2.43. The van der Waals surface area contributed by atoms with Gasteiger partial charge in [0, 0.05) is 25.7 Å². The number of ether oxygens (including phenoxy) is 4. The summed E-state index contributed by atoms with van der Waals surface area (Å²) in [5.41, 5.74) is 0. The van der Waals surface area contributed by atoms with E-state index in [9.17, 15) is 43.2 Å². The summed E-state index contributed by atoms with van der Waals surface area (Å²) in [5, 5.41) is 10.6. The fraction of sp³-hybridized carbons (Fsp3) is 0.540. The van der Waals surface area contributed by atoms with Gasteiger partial charge in [0.2, 0.25) is 0 Å². The lowest BCUT2D eigenvalue weighted by atomic mass is 10.1. The summed E-state index contributed by atoms with van der Waals surface area (Å²) >= 11 is 0. The molecule has 5 atom stereocenters. The molecule has 3 N–H and O–H groups in total. The first kappa shape index (κ1) is 99.4. The van der Waals surface area contributed by atoms with Crippen LogP contribution in [0.25, 0.3) is 0 Å². The highest BCUT2D eigenvalue weighted by Gasteiger charge is 2.30. The van der Waals surface area contributed by atoms with Crippen molar-refractivity contribution in [3.63, 3.8) is 0 Å². The van der Waals surface area contributed by atoms with E-state index in [2.05, 4.69) is 210 Å². The molecule has 106 heavy (non-hydrogen) atoms. The SMILES string of the molecule is CC/C=C\C/C=C\C/C=C\C/C=C\C/C=C\CCCC(=O)OCC(COP(=O)(O)OCC(O)COP(=O)(O)OCC(COC(=O)CCC/C=C\C/C=C\C/C=C\C/C=C\C/C=C\CC)OC(=O)CCCCCCC/C=C\C/C=C\C/C=C\CC)OC(=O)CCC/C=C\C/C=C\C/C=C\C/C=C\C/C=C\CC. The second-order valence-electron chi connectivity index (χ2n) is 24.8. The quantitative estimate of drug-likeness (QED) is 0.0169. The molecule has 0 aromatic rings. The van der Waals surface area contributed by atoms with Crippen LogP contribution in [0.3, 0.4) is 0 Å². The zero-order chi connectivity index (χ0) is 77.4. The van der Waals surface area contributed by atoms with E-state index in [0.717, 1.165) is 148 Å². The maximum Gasteiger partial charge on any atom is 0.472 e. The average molecular weight is 1510 g/mol. The second-order valence-corrected chi connectivity index (χ2v) is 27.7. The molecule has 0 rings (SSSR count). The van der Waals surface area contributed by atoms with E-state index in [1.165, 1.54) is 0 Å². The molecule has 0 bridgehead atoms. The van der Waals surface area contributed by atoms with Gasteiger partial charge in [-0.25, -0.2) is 9.13 Å². The Hall–Kier alpha value is -6.62. The first-order valence-corrected chi connectivity index (χ1v) is 42.0. The Bertz CT molecular complexity index is 2880. The summed E-state index contributed by atoms with van der Waals surface area (Å²) in [4.78, 5) is 73.0. The molecule has 0 aromatic heterocycles. The van der Waals surface area contributed by atoms with Crippen LogP contribution in [0, 0.1) is 0 Å². The van der Waals surface area contributed by atoms with E-state index >= 15 is 0 Å². The van der Waals surface area contributed by atoms with Crippen molar-refractivity contribution in [2.75, 3.05) is 39.6 Å². The van der Waals surface area contributed by atoms with Gasteiger partial charge in [-0.05, 0) is 173 Å². The average Bonchev–Trinajstić information content (AvgIpc) is 0.902. The van der Waals surface area contributed by atoms with Crippen molar-refractivity contribution in [3.05, 3.63) is 219 Å². The Morgan fingerprint density at radius 2 is 0.472 bits per heavy atom. The summed E-state index contributed by atoms with van der Waals surface area (Å²) in [6.45, 7) is 4.15. The van der Waals surface area contributed by atoms with Crippen molar-refractivity contribution in [2.45, 2.75) is 264 Å². The van der Waals surface area contributed by atoms with E-state index < -0.39 is 97.5 Å². The Balaban J connectivity index is 5.57. The number of allylic oxidation sites excluding steroid dienone is 36. The number of hydrogen-bond donors (Lipinski definition) is 3. The van der Waals surface area contributed by atoms with Crippen molar-refractivity contribution in [2.24, 2.45) is 0 Å². The molecule has 0 spiro atoms. The summed E-state index contributed by atoms with van der Waals surface area (Å²) in [6, 6.07) is 0. The van der Waals surface area contributed by atoms with Gasteiger partial charge in [0.25, 0.3) is 0 Å². The standard InChI is InChI=1S/C87H134O17P2/c1-5-9-13-17-21-25-29-33-37-40-44-47-51-55-59-63-67-71-84(89)97-77-82(103-86(91)73-69-65-61-57-53-49-43-36-32-28-24-20-16-12-8-4)79-101-105(93,94)99-75-81(88)76-100-106(95,96)102-80-83(104-87(92)74-70-66-62-58-54-50-46-42-39-35-31-27-23-19-15-11-7-3)78-98-85(90)72-68-64-60-56-52-48-45-41-38-34-30-26-22-18-14-10-6-2/h9-16,21-28,33-39,43-48,50,55-56,58-60,62,81-83,88H,5-8,17-20,29-32,40-42,49,51-54,57,61,63-80H2,1-4H3,(H,93,94)(H,95,96)/b13-9-,14-10-,15-11-,16-12-,25-21-,26-22-,27-23-,28-24-,37-33-,38-34-,39-35-,43-36-,47-44-,48-45-,50-46-,59-55-,60-56-,62-58-. The molecule has 5 unspecified atom stereocenters. The normalized spacial score (nSPS) is 15.0. The van der Waals surface area contributed by atoms with E-state index in [-0.39, 0.29) is 25.7 Å². The zero-order valence-corrected chi connectivity index (χ0v) is 66.5. The first-order valence-electron chi connectivity index (χ1n) is 39.0. The summed E-state index contributed by atoms with van der Waals surface area (Å²) in [7, 11) is -10.0. The molecule has 0 saturated carbocycles.